The molecule has 0 unspecified atom stereocenters. The van der Waals surface area contributed by atoms with Crippen molar-refractivity contribution in [3.05, 3.63) is 70.3 Å². The van der Waals surface area contributed by atoms with E-state index in [0.717, 1.165) is 4.68 Å². The fourth-order valence-electron chi connectivity index (χ4n) is 2.29. The van der Waals surface area contributed by atoms with Crippen LogP contribution < -0.4 is 10.1 Å². The van der Waals surface area contributed by atoms with Crippen molar-refractivity contribution in [3.63, 3.8) is 0 Å². The van der Waals surface area contributed by atoms with Crippen LogP contribution in [0.25, 0.3) is 5.69 Å². The summed E-state index contributed by atoms with van der Waals surface area (Å²) >= 11 is 12.0. The van der Waals surface area contributed by atoms with Gasteiger partial charge >= 0.3 is 6.18 Å². The molecule has 146 valence electrons. The van der Waals surface area contributed by atoms with E-state index in [4.69, 9.17) is 27.9 Å². The molecule has 3 rings (SSSR count). The first kappa shape index (κ1) is 20.0. The summed E-state index contributed by atoms with van der Waals surface area (Å²) in [5.41, 5.74) is -0.636. The minimum Gasteiger partial charge on any atom is -0.467 e. The van der Waals surface area contributed by atoms with Crippen molar-refractivity contribution < 1.29 is 22.7 Å². The number of aromatic nitrogens is 2. The Morgan fingerprint density at radius 2 is 1.71 bits per heavy atom. The standard InChI is InChI=1S/C18H12Cl2F3N3O2/c19-11-5-1-3-7-13(11)24-16(27)10-28-17-9-15(18(21,22)23)25-26(17)14-8-4-2-6-12(14)20/h1-9H,10H2,(H,24,27). The Morgan fingerprint density at radius 1 is 1.07 bits per heavy atom. The van der Waals surface area contributed by atoms with E-state index in [9.17, 15) is 18.0 Å². The molecule has 1 N–H and O–H groups in total. The van der Waals surface area contributed by atoms with Gasteiger partial charge in [-0.25, -0.2) is 0 Å². The molecule has 0 saturated heterocycles. The minimum absolute atomic E-state index is 0.171. The molecule has 0 aliphatic rings. The molecule has 10 heteroatoms. The molecular formula is C18H12Cl2F3N3O2. The third-order valence-electron chi connectivity index (χ3n) is 3.55. The number of alkyl halides is 3. The van der Waals surface area contributed by atoms with E-state index in [2.05, 4.69) is 10.4 Å². The second-order valence-corrected chi connectivity index (χ2v) is 6.36. The number of benzene rings is 2. The lowest BCUT2D eigenvalue weighted by molar-refractivity contribution is -0.141. The van der Waals surface area contributed by atoms with Gasteiger partial charge in [0.2, 0.25) is 5.88 Å². The van der Waals surface area contributed by atoms with Crippen molar-refractivity contribution in [1.82, 2.24) is 9.78 Å². The molecule has 0 aliphatic carbocycles. The summed E-state index contributed by atoms with van der Waals surface area (Å²) in [7, 11) is 0. The second-order valence-electron chi connectivity index (χ2n) is 5.55. The fraction of sp³-hybridized carbons (Fsp3) is 0.111. The van der Waals surface area contributed by atoms with Crippen molar-refractivity contribution in [2.24, 2.45) is 0 Å². The Hall–Kier alpha value is -2.71. The Balaban J connectivity index is 1.83. The number of anilines is 1. The van der Waals surface area contributed by atoms with Gasteiger partial charge in [-0.2, -0.15) is 23.0 Å². The van der Waals surface area contributed by atoms with Crippen LogP contribution in [0.15, 0.2) is 54.6 Å². The topological polar surface area (TPSA) is 56.1 Å². The number of nitrogens with zero attached hydrogens (tertiary/aromatic N) is 2. The zero-order chi connectivity index (χ0) is 20.3. The summed E-state index contributed by atoms with van der Waals surface area (Å²) in [4.78, 5) is 12.1. The second kappa shape index (κ2) is 8.12. The Labute approximate surface area is 167 Å². The lowest BCUT2D eigenvalue weighted by Crippen LogP contribution is -2.21. The predicted molar refractivity (Wildman–Crippen MR) is 99.2 cm³/mol. The summed E-state index contributed by atoms with van der Waals surface area (Å²) in [5.74, 6) is -0.886. The Kier molecular flexibility index (Phi) is 5.81. The van der Waals surface area contributed by atoms with E-state index in [1.165, 1.54) is 12.1 Å². The van der Waals surface area contributed by atoms with E-state index in [0.29, 0.717) is 16.8 Å². The van der Waals surface area contributed by atoms with Gasteiger partial charge in [0, 0.05) is 6.07 Å². The van der Waals surface area contributed by atoms with Crippen LogP contribution in [0.2, 0.25) is 10.0 Å². The van der Waals surface area contributed by atoms with Crippen LogP contribution in [0.1, 0.15) is 5.69 Å². The number of halogens is 5. The van der Waals surface area contributed by atoms with Crippen LogP contribution in [-0.2, 0) is 11.0 Å². The molecule has 5 nitrogen and oxygen atoms in total. The molecule has 0 spiro atoms. The number of para-hydroxylation sites is 2. The maximum absolute atomic E-state index is 13.1. The number of nitrogens with one attached hydrogen (secondary N) is 1. The predicted octanol–water partition coefficient (Wildman–Crippen LogP) is 5.22. The number of hydrogen-bond acceptors (Lipinski definition) is 3. The summed E-state index contributed by atoms with van der Waals surface area (Å²) < 4.78 is 45.4. The fourth-order valence-corrected chi connectivity index (χ4v) is 2.69. The van der Waals surface area contributed by atoms with Gasteiger partial charge in [0.05, 0.1) is 21.4 Å². The smallest absolute Gasteiger partial charge is 0.435 e. The molecular weight excluding hydrogens is 418 g/mol. The summed E-state index contributed by atoms with van der Waals surface area (Å²) in [6.07, 6.45) is -4.69. The van der Waals surface area contributed by atoms with Gasteiger partial charge in [-0.15, -0.1) is 0 Å². The molecule has 28 heavy (non-hydrogen) atoms. The molecule has 1 aromatic heterocycles. The van der Waals surface area contributed by atoms with Gasteiger partial charge < -0.3 is 10.1 Å². The number of ether oxygens (including phenoxy) is 1. The third-order valence-corrected chi connectivity index (χ3v) is 4.20. The van der Waals surface area contributed by atoms with E-state index in [1.54, 1.807) is 36.4 Å². The quantitative estimate of drug-likeness (QED) is 0.605. The maximum Gasteiger partial charge on any atom is 0.435 e. The van der Waals surface area contributed by atoms with E-state index in [1.807, 2.05) is 0 Å². The third kappa shape index (κ3) is 4.58. The number of rotatable bonds is 5. The van der Waals surface area contributed by atoms with Gasteiger partial charge in [-0.05, 0) is 24.3 Å². The molecule has 0 aliphatic heterocycles. The van der Waals surface area contributed by atoms with Gasteiger partial charge in [-0.1, -0.05) is 47.5 Å². The molecule has 2 aromatic carbocycles. The molecule has 3 aromatic rings. The van der Waals surface area contributed by atoms with Crippen LogP contribution in [0, 0.1) is 0 Å². The molecule has 0 radical (unpaired) electrons. The SMILES string of the molecule is O=C(COc1cc(C(F)(F)F)nn1-c1ccccc1Cl)Nc1ccccc1Cl. The lowest BCUT2D eigenvalue weighted by Gasteiger charge is -2.11. The van der Waals surface area contributed by atoms with Crippen molar-refractivity contribution in [1.29, 1.82) is 0 Å². The van der Waals surface area contributed by atoms with Crippen molar-refractivity contribution in [2.75, 3.05) is 11.9 Å². The number of hydrogen-bond donors (Lipinski definition) is 1. The molecule has 1 heterocycles. The van der Waals surface area contributed by atoms with Crippen LogP contribution in [-0.4, -0.2) is 22.3 Å². The first-order valence-corrected chi connectivity index (χ1v) is 8.60. The number of carbonyl (C=O) groups excluding carboxylic acids is 1. The maximum atomic E-state index is 13.1. The highest BCUT2D eigenvalue weighted by Gasteiger charge is 2.36. The van der Waals surface area contributed by atoms with Crippen LogP contribution >= 0.6 is 23.2 Å². The molecule has 1 amide bonds. The van der Waals surface area contributed by atoms with Crippen LogP contribution in [0.3, 0.4) is 0 Å². The first-order chi connectivity index (χ1) is 13.3. The average Bonchev–Trinajstić information content (AvgIpc) is 3.07. The van der Waals surface area contributed by atoms with Crippen LogP contribution in [0.4, 0.5) is 18.9 Å². The van der Waals surface area contributed by atoms with E-state index >= 15 is 0 Å². The zero-order valence-corrected chi connectivity index (χ0v) is 15.5. The van der Waals surface area contributed by atoms with Crippen molar-refractivity contribution in [2.45, 2.75) is 6.18 Å². The highest BCUT2D eigenvalue weighted by molar-refractivity contribution is 6.33. The largest absolute Gasteiger partial charge is 0.467 e. The molecule has 0 bridgehead atoms. The zero-order valence-electron chi connectivity index (χ0n) is 14.0. The van der Waals surface area contributed by atoms with E-state index in [-0.39, 0.29) is 16.6 Å². The summed E-state index contributed by atoms with van der Waals surface area (Å²) in [6.45, 7) is -0.557. The highest BCUT2D eigenvalue weighted by Crippen LogP contribution is 2.33. The number of carbonyl (C=O) groups is 1. The highest BCUT2D eigenvalue weighted by atomic mass is 35.5. The van der Waals surface area contributed by atoms with Gasteiger partial charge in [-0.3, -0.25) is 4.79 Å². The lowest BCUT2D eigenvalue weighted by atomic mass is 10.3. The van der Waals surface area contributed by atoms with Gasteiger partial charge in [0.15, 0.2) is 12.3 Å². The first-order valence-electron chi connectivity index (χ1n) is 7.85. The summed E-state index contributed by atoms with van der Waals surface area (Å²) in [6, 6.07) is 13.4. The Morgan fingerprint density at radius 3 is 2.36 bits per heavy atom. The average molecular weight is 430 g/mol. The van der Waals surface area contributed by atoms with Gasteiger partial charge in [0.25, 0.3) is 5.91 Å². The van der Waals surface area contributed by atoms with Crippen LogP contribution in [0.5, 0.6) is 5.88 Å². The van der Waals surface area contributed by atoms with Crippen molar-refractivity contribution in [3.8, 4) is 11.6 Å². The number of amides is 1. The van der Waals surface area contributed by atoms with E-state index < -0.39 is 24.4 Å². The minimum atomic E-state index is -4.69. The van der Waals surface area contributed by atoms with Crippen molar-refractivity contribution >= 4 is 34.8 Å². The molecule has 0 atom stereocenters. The Bertz CT molecular complexity index is 1010. The van der Waals surface area contributed by atoms with Gasteiger partial charge in [0.1, 0.15) is 0 Å². The molecule has 0 fully saturated rings. The summed E-state index contributed by atoms with van der Waals surface area (Å²) in [5, 5.41) is 6.52. The molecule has 0 saturated carbocycles. The monoisotopic (exact) mass is 429 g/mol. The normalized spacial score (nSPS) is 11.3.